The van der Waals surface area contributed by atoms with Crippen molar-refractivity contribution in [2.24, 2.45) is 0 Å². The van der Waals surface area contributed by atoms with Crippen LogP contribution >= 0.6 is 0 Å². The van der Waals surface area contributed by atoms with E-state index in [-0.39, 0.29) is 18.4 Å². The lowest BCUT2D eigenvalue weighted by Crippen LogP contribution is -2.34. The largest absolute Gasteiger partial charge is 0.393 e. The van der Waals surface area contributed by atoms with E-state index in [2.05, 4.69) is 10.3 Å². The number of nitrogens with one attached hydrogen (secondary N) is 1. The van der Waals surface area contributed by atoms with Gasteiger partial charge in [0.2, 0.25) is 12.3 Å². The molecule has 0 fully saturated rings. The summed E-state index contributed by atoms with van der Waals surface area (Å²) in [6, 6.07) is 7.77. The highest BCUT2D eigenvalue weighted by Gasteiger charge is 2.18. The molecule has 0 saturated carbocycles. The van der Waals surface area contributed by atoms with Gasteiger partial charge in [0.15, 0.2) is 0 Å². The number of carbonyl (C=O) groups excluding carboxylic acids is 2. The average Bonchev–Trinajstić information content (AvgIpc) is 2.63. The van der Waals surface area contributed by atoms with Gasteiger partial charge in [-0.1, -0.05) is 30.7 Å². The quantitative estimate of drug-likeness (QED) is 0.676. The van der Waals surface area contributed by atoms with Gasteiger partial charge in [-0.05, 0) is 37.6 Å². The fraction of sp³-hybridized carbons (Fsp3) is 0.450. The maximum absolute atomic E-state index is 12.3. The number of amides is 2. The van der Waals surface area contributed by atoms with Gasteiger partial charge in [0.1, 0.15) is 5.82 Å². The van der Waals surface area contributed by atoms with Gasteiger partial charge in [-0.2, -0.15) is 0 Å². The number of aliphatic hydroxyl groups excluding tert-OH is 1. The highest BCUT2D eigenvalue weighted by molar-refractivity contribution is 5.92. The zero-order valence-corrected chi connectivity index (χ0v) is 15.6. The zero-order valence-electron chi connectivity index (χ0n) is 15.6. The summed E-state index contributed by atoms with van der Waals surface area (Å²) >= 11 is 0. The second-order valence-corrected chi connectivity index (χ2v) is 6.73. The van der Waals surface area contributed by atoms with Gasteiger partial charge in [0, 0.05) is 31.1 Å². The van der Waals surface area contributed by atoms with E-state index in [9.17, 15) is 14.7 Å². The molecule has 6 nitrogen and oxygen atoms in total. The predicted molar refractivity (Wildman–Crippen MR) is 103 cm³/mol. The number of hydrogen-bond donors (Lipinski definition) is 2. The van der Waals surface area contributed by atoms with Crippen LogP contribution in [0.1, 0.15) is 38.2 Å². The van der Waals surface area contributed by atoms with Crippen molar-refractivity contribution >= 4 is 28.9 Å². The van der Waals surface area contributed by atoms with Gasteiger partial charge in [-0.15, -0.1) is 0 Å². The van der Waals surface area contributed by atoms with Crippen LogP contribution in [0.4, 0.5) is 5.82 Å². The van der Waals surface area contributed by atoms with Crippen LogP contribution < -0.4 is 5.32 Å². The van der Waals surface area contributed by atoms with Crippen molar-refractivity contribution in [2.75, 3.05) is 12.4 Å². The summed E-state index contributed by atoms with van der Waals surface area (Å²) in [5.41, 5.74) is 1.15. The summed E-state index contributed by atoms with van der Waals surface area (Å²) in [6.45, 7) is 3.91. The molecule has 0 radical (unpaired) electrons. The van der Waals surface area contributed by atoms with Crippen molar-refractivity contribution in [2.45, 2.75) is 51.7 Å². The molecule has 6 heteroatoms. The topological polar surface area (TPSA) is 82.5 Å². The highest BCUT2D eigenvalue weighted by Crippen LogP contribution is 2.19. The Bertz CT molecular complexity index is 763. The Labute approximate surface area is 154 Å². The molecule has 0 bridgehead atoms. The van der Waals surface area contributed by atoms with Crippen molar-refractivity contribution in [3.05, 3.63) is 36.0 Å². The first kappa shape index (κ1) is 19.8. The molecule has 0 saturated heterocycles. The van der Waals surface area contributed by atoms with Crippen LogP contribution in [0.15, 0.2) is 30.5 Å². The third kappa shape index (κ3) is 5.52. The predicted octanol–water partition coefficient (Wildman–Crippen LogP) is 2.88. The molecule has 2 N–H and O–H groups in total. The second-order valence-electron chi connectivity index (χ2n) is 6.73. The Morgan fingerprint density at radius 3 is 2.81 bits per heavy atom. The Balaban J connectivity index is 1.97. The summed E-state index contributed by atoms with van der Waals surface area (Å²) in [7, 11) is 1.67. The van der Waals surface area contributed by atoms with Crippen molar-refractivity contribution < 1.29 is 14.7 Å². The van der Waals surface area contributed by atoms with E-state index in [0.717, 1.165) is 22.7 Å². The first-order chi connectivity index (χ1) is 12.4. The number of nitrogens with zero attached hydrogens (tertiary/aromatic N) is 2. The number of aromatic nitrogens is 1. The van der Waals surface area contributed by atoms with E-state index in [0.29, 0.717) is 25.1 Å². The summed E-state index contributed by atoms with van der Waals surface area (Å²) in [5, 5.41) is 14.7. The number of anilines is 1. The third-order valence-corrected chi connectivity index (χ3v) is 4.61. The molecular formula is C20H27N3O3. The minimum Gasteiger partial charge on any atom is -0.393 e. The number of hydrogen-bond acceptors (Lipinski definition) is 4. The molecule has 0 aliphatic rings. The Hall–Kier alpha value is -2.47. The fourth-order valence-corrected chi connectivity index (χ4v) is 2.89. The molecule has 1 heterocycles. The molecule has 2 unspecified atom stereocenters. The SMILES string of the molecule is CCC(O)CC(CCC(=O)Nc1cc2cc(C)ccc2cn1)N(C)C=O. The second kappa shape index (κ2) is 9.29. The number of benzene rings is 1. The summed E-state index contributed by atoms with van der Waals surface area (Å²) in [5.74, 6) is 0.363. The molecular weight excluding hydrogens is 330 g/mol. The maximum Gasteiger partial charge on any atom is 0.225 e. The number of carbonyl (C=O) groups is 2. The molecule has 2 rings (SSSR count). The molecule has 140 valence electrons. The van der Waals surface area contributed by atoms with Crippen molar-refractivity contribution in [3.8, 4) is 0 Å². The summed E-state index contributed by atoms with van der Waals surface area (Å²) in [6.07, 6.45) is 3.83. The lowest BCUT2D eigenvalue weighted by Gasteiger charge is -2.26. The molecule has 2 aromatic rings. The minimum atomic E-state index is -0.476. The number of aliphatic hydroxyl groups is 1. The van der Waals surface area contributed by atoms with Crippen LogP contribution in [-0.4, -0.2) is 46.5 Å². The van der Waals surface area contributed by atoms with Crippen molar-refractivity contribution in [1.29, 1.82) is 0 Å². The zero-order chi connectivity index (χ0) is 19.1. The van der Waals surface area contributed by atoms with E-state index < -0.39 is 6.10 Å². The van der Waals surface area contributed by atoms with Gasteiger partial charge in [-0.3, -0.25) is 9.59 Å². The van der Waals surface area contributed by atoms with Crippen molar-refractivity contribution in [3.63, 3.8) is 0 Å². The molecule has 1 aromatic heterocycles. The summed E-state index contributed by atoms with van der Waals surface area (Å²) in [4.78, 5) is 29.1. The smallest absolute Gasteiger partial charge is 0.225 e. The molecule has 26 heavy (non-hydrogen) atoms. The fourth-order valence-electron chi connectivity index (χ4n) is 2.89. The molecule has 2 atom stereocenters. The minimum absolute atomic E-state index is 0.153. The van der Waals surface area contributed by atoms with Crippen LogP contribution in [0.25, 0.3) is 10.8 Å². The van der Waals surface area contributed by atoms with E-state index in [1.807, 2.05) is 38.1 Å². The monoisotopic (exact) mass is 357 g/mol. The maximum atomic E-state index is 12.3. The summed E-state index contributed by atoms with van der Waals surface area (Å²) < 4.78 is 0. The van der Waals surface area contributed by atoms with Crippen LogP contribution in [0.5, 0.6) is 0 Å². The van der Waals surface area contributed by atoms with Gasteiger partial charge < -0.3 is 15.3 Å². The van der Waals surface area contributed by atoms with Gasteiger partial charge in [0.25, 0.3) is 0 Å². The van der Waals surface area contributed by atoms with Crippen LogP contribution in [-0.2, 0) is 9.59 Å². The van der Waals surface area contributed by atoms with E-state index >= 15 is 0 Å². The normalized spacial score (nSPS) is 13.2. The van der Waals surface area contributed by atoms with E-state index in [4.69, 9.17) is 0 Å². The lowest BCUT2D eigenvalue weighted by atomic mass is 10.0. The Kier molecular flexibility index (Phi) is 7.09. The van der Waals surface area contributed by atoms with Crippen molar-refractivity contribution in [1.82, 2.24) is 9.88 Å². The molecule has 0 aliphatic heterocycles. The standard InChI is InChI=1S/C20H27N3O3/c1-4-18(25)11-17(23(3)13-24)7-8-20(26)22-19-10-16-9-14(2)5-6-15(16)12-21-19/h5-6,9-10,12-13,17-18,25H,4,7-8,11H2,1-3H3,(H,21,22,26). The average molecular weight is 357 g/mol. The van der Waals surface area contributed by atoms with Crippen LogP contribution in [0.2, 0.25) is 0 Å². The van der Waals surface area contributed by atoms with Gasteiger partial charge >= 0.3 is 0 Å². The van der Waals surface area contributed by atoms with Gasteiger partial charge in [0.05, 0.1) is 6.10 Å². The molecule has 1 aromatic carbocycles. The van der Waals surface area contributed by atoms with Crippen LogP contribution in [0.3, 0.4) is 0 Å². The lowest BCUT2D eigenvalue weighted by molar-refractivity contribution is -0.121. The Morgan fingerprint density at radius 2 is 2.12 bits per heavy atom. The first-order valence-corrected chi connectivity index (χ1v) is 8.94. The number of fused-ring (bicyclic) bond motifs is 1. The highest BCUT2D eigenvalue weighted by atomic mass is 16.3. The van der Waals surface area contributed by atoms with Crippen LogP contribution in [0, 0.1) is 6.92 Å². The molecule has 0 aliphatic carbocycles. The van der Waals surface area contributed by atoms with E-state index in [1.54, 1.807) is 13.2 Å². The molecule has 0 spiro atoms. The number of aryl methyl sites for hydroxylation is 1. The molecule has 2 amide bonds. The Morgan fingerprint density at radius 1 is 1.35 bits per heavy atom. The third-order valence-electron chi connectivity index (χ3n) is 4.61. The number of rotatable bonds is 9. The van der Waals surface area contributed by atoms with E-state index in [1.165, 1.54) is 4.90 Å². The first-order valence-electron chi connectivity index (χ1n) is 8.94. The van der Waals surface area contributed by atoms with Gasteiger partial charge in [-0.25, -0.2) is 4.98 Å². The number of pyridine rings is 1.